The molecular formula is C15H19NO. The van der Waals surface area contributed by atoms with Crippen LogP contribution in [0, 0.1) is 16.7 Å². The molecule has 0 bridgehead atoms. The Morgan fingerprint density at radius 1 is 1.47 bits per heavy atom. The average molecular weight is 229 g/mol. The highest BCUT2D eigenvalue weighted by Gasteiger charge is 2.52. The first kappa shape index (κ1) is 12.0. The first-order valence-corrected chi connectivity index (χ1v) is 6.11. The number of hydrogen-bond donors (Lipinski definition) is 0. The first-order chi connectivity index (χ1) is 8.01. The molecule has 1 saturated carbocycles. The average Bonchev–Trinajstić information content (AvgIpc) is 3.01. The number of benzene rings is 1. The van der Waals surface area contributed by atoms with E-state index in [9.17, 15) is 0 Å². The Kier molecular flexibility index (Phi) is 2.87. The van der Waals surface area contributed by atoms with E-state index in [1.165, 1.54) is 11.1 Å². The maximum absolute atomic E-state index is 9.11. The van der Waals surface area contributed by atoms with E-state index >= 15 is 0 Å². The zero-order valence-electron chi connectivity index (χ0n) is 10.9. The van der Waals surface area contributed by atoms with Crippen molar-refractivity contribution in [2.24, 2.45) is 5.41 Å². The lowest BCUT2D eigenvalue weighted by Gasteiger charge is -2.13. The zero-order valence-corrected chi connectivity index (χ0v) is 10.9. The van der Waals surface area contributed by atoms with Crippen LogP contribution in [0.1, 0.15) is 50.2 Å². The fourth-order valence-electron chi connectivity index (χ4n) is 2.32. The number of hydrogen-bond acceptors (Lipinski definition) is 2. The van der Waals surface area contributed by atoms with Gasteiger partial charge in [0.2, 0.25) is 0 Å². The van der Waals surface area contributed by atoms with Crippen LogP contribution in [0.25, 0.3) is 0 Å². The van der Waals surface area contributed by atoms with E-state index < -0.39 is 0 Å². The molecule has 2 nitrogen and oxygen atoms in total. The molecular weight excluding hydrogens is 210 g/mol. The fraction of sp³-hybridized carbons (Fsp3) is 0.533. The fourth-order valence-corrected chi connectivity index (χ4v) is 2.32. The van der Waals surface area contributed by atoms with Crippen molar-refractivity contribution in [3.05, 3.63) is 29.3 Å². The quantitative estimate of drug-likeness (QED) is 0.789. The van der Waals surface area contributed by atoms with Crippen LogP contribution < -0.4 is 4.74 Å². The van der Waals surface area contributed by atoms with E-state index in [1.807, 2.05) is 6.92 Å². The molecule has 0 heterocycles. The molecule has 2 atom stereocenters. The van der Waals surface area contributed by atoms with Gasteiger partial charge >= 0.3 is 0 Å². The van der Waals surface area contributed by atoms with Gasteiger partial charge in [0.1, 0.15) is 5.75 Å². The molecule has 2 rings (SSSR count). The van der Waals surface area contributed by atoms with Gasteiger partial charge in [0.05, 0.1) is 18.6 Å². The Labute approximate surface area is 103 Å². The molecule has 0 aliphatic heterocycles. The van der Waals surface area contributed by atoms with E-state index in [4.69, 9.17) is 10.00 Å². The molecule has 0 spiro atoms. The van der Waals surface area contributed by atoms with Gasteiger partial charge in [-0.05, 0) is 36.5 Å². The minimum Gasteiger partial charge on any atom is -0.496 e. The standard InChI is InChI=1S/C15H19NO/c1-10(2)11-5-6-12(14(7-11)17-4)13-8-15(13,3)9-16/h5-7,10,13H,8H2,1-4H3. The Bertz CT molecular complexity index is 472. The summed E-state index contributed by atoms with van der Waals surface area (Å²) in [6.45, 7) is 6.36. The van der Waals surface area contributed by atoms with Crippen LogP contribution in [0.4, 0.5) is 0 Å². The molecule has 0 N–H and O–H groups in total. The van der Waals surface area contributed by atoms with Crippen LogP contribution >= 0.6 is 0 Å². The molecule has 1 aliphatic rings. The Hall–Kier alpha value is -1.49. The molecule has 1 aromatic rings. The third kappa shape index (κ3) is 2.02. The lowest BCUT2D eigenvalue weighted by molar-refractivity contribution is 0.407. The highest BCUT2D eigenvalue weighted by molar-refractivity contribution is 5.46. The lowest BCUT2D eigenvalue weighted by Crippen LogP contribution is -1.98. The lowest BCUT2D eigenvalue weighted by atomic mass is 9.96. The number of methoxy groups -OCH3 is 1. The van der Waals surface area contributed by atoms with Gasteiger partial charge in [-0.1, -0.05) is 26.0 Å². The highest BCUT2D eigenvalue weighted by atomic mass is 16.5. The van der Waals surface area contributed by atoms with Crippen LogP contribution in [-0.4, -0.2) is 7.11 Å². The third-order valence-corrected chi connectivity index (χ3v) is 3.79. The summed E-state index contributed by atoms with van der Waals surface area (Å²) in [7, 11) is 1.70. The van der Waals surface area contributed by atoms with Crippen molar-refractivity contribution in [1.29, 1.82) is 5.26 Å². The van der Waals surface area contributed by atoms with Crippen LogP contribution in [-0.2, 0) is 0 Å². The molecule has 1 aromatic carbocycles. The first-order valence-electron chi connectivity index (χ1n) is 6.11. The van der Waals surface area contributed by atoms with Gasteiger partial charge in [0.15, 0.2) is 0 Å². The normalized spacial score (nSPS) is 26.7. The second-order valence-electron chi connectivity index (χ2n) is 5.44. The maximum Gasteiger partial charge on any atom is 0.122 e. The maximum atomic E-state index is 9.11. The summed E-state index contributed by atoms with van der Waals surface area (Å²) in [4.78, 5) is 0. The summed E-state index contributed by atoms with van der Waals surface area (Å²) >= 11 is 0. The summed E-state index contributed by atoms with van der Waals surface area (Å²) in [5.74, 6) is 1.77. The number of ether oxygens (including phenoxy) is 1. The number of nitriles is 1. The van der Waals surface area contributed by atoms with Crippen molar-refractivity contribution in [3.63, 3.8) is 0 Å². The minimum absolute atomic E-state index is 0.188. The predicted molar refractivity (Wildman–Crippen MR) is 68.2 cm³/mol. The van der Waals surface area contributed by atoms with E-state index in [0.717, 1.165) is 12.2 Å². The van der Waals surface area contributed by atoms with Gasteiger partial charge in [-0.25, -0.2) is 0 Å². The van der Waals surface area contributed by atoms with Crippen molar-refractivity contribution < 1.29 is 4.74 Å². The molecule has 1 fully saturated rings. The van der Waals surface area contributed by atoms with Crippen LogP contribution in [0.5, 0.6) is 5.75 Å². The Morgan fingerprint density at radius 2 is 2.18 bits per heavy atom. The molecule has 17 heavy (non-hydrogen) atoms. The van der Waals surface area contributed by atoms with Crippen LogP contribution in [0.3, 0.4) is 0 Å². The zero-order chi connectivity index (χ0) is 12.6. The van der Waals surface area contributed by atoms with Gasteiger partial charge in [0.25, 0.3) is 0 Å². The molecule has 2 heteroatoms. The summed E-state index contributed by atoms with van der Waals surface area (Å²) in [6, 6.07) is 8.78. The molecule has 0 aromatic heterocycles. The predicted octanol–water partition coefficient (Wildman–Crippen LogP) is 3.84. The van der Waals surface area contributed by atoms with Gasteiger partial charge < -0.3 is 4.74 Å². The summed E-state index contributed by atoms with van der Waals surface area (Å²) < 4.78 is 5.47. The molecule has 0 amide bonds. The smallest absolute Gasteiger partial charge is 0.122 e. The number of nitrogens with zero attached hydrogens (tertiary/aromatic N) is 1. The second-order valence-corrected chi connectivity index (χ2v) is 5.44. The number of rotatable bonds is 3. The molecule has 0 saturated heterocycles. The van der Waals surface area contributed by atoms with E-state index in [2.05, 4.69) is 38.1 Å². The third-order valence-electron chi connectivity index (χ3n) is 3.79. The molecule has 2 unspecified atom stereocenters. The minimum atomic E-state index is -0.188. The van der Waals surface area contributed by atoms with Crippen molar-refractivity contribution in [1.82, 2.24) is 0 Å². The Morgan fingerprint density at radius 3 is 2.65 bits per heavy atom. The molecule has 1 aliphatic carbocycles. The summed E-state index contributed by atoms with van der Waals surface area (Å²) in [5.41, 5.74) is 2.28. The summed E-state index contributed by atoms with van der Waals surface area (Å²) in [5, 5.41) is 9.11. The Balaban J connectivity index is 2.34. The highest BCUT2D eigenvalue weighted by Crippen LogP contribution is 2.60. The van der Waals surface area contributed by atoms with Gasteiger partial charge in [-0.15, -0.1) is 0 Å². The van der Waals surface area contributed by atoms with Crippen molar-refractivity contribution in [2.45, 2.75) is 39.0 Å². The van der Waals surface area contributed by atoms with E-state index in [-0.39, 0.29) is 5.41 Å². The van der Waals surface area contributed by atoms with Gasteiger partial charge in [0, 0.05) is 5.92 Å². The molecule has 90 valence electrons. The van der Waals surface area contributed by atoms with Crippen molar-refractivity contribution >= 4 is 0 Å². The van der Waals surface area contributed by atoms with E-state index in [1.54, 1.807) is 7.11 Å². The van der Waals surface area contributed by atoms with Crippen molar-refractivity contribution in [3.8, 4) is 11.8 Å². The largest absolute Gasteiger partial charge is 0.496 e. The van der Waals surface area contributed by atoms with Gasteiger partial charge in [-0.3, -0.25) is 0 Å². The van der Waals surface area contributed by atoms with Crippen LogP contribution in [0.15, 0.2) is 18.2 Å². The van der Waals surface area contributed by atoms with Crippen LogP contribution in [0.2, 0.25) is 0 Å². The SMILES string of the molecule is COc1cc(C(C)C)ccc1C1CC1(C)C#N. The monoisotopic (exact) mass is 229 g/mol. The summed E-state index contributed by atoms with van der Waals surface area (Å²) in [6.07, 6.45) is 0.945. The second kappa shape index (κ2) is 4.07. The van der Waals surface area contributed by atoms with Gasteiger partial charge in [-0.2, -0.15) is 5.26 Å². The molecule has 0 radical (unpaired) electrons. The van der Waals surface area contributed by atoms with Crippen molar-refractivity contribution in [2.75, 3.05) is 7.11 Å². The van der Waals surface area contributed by atoms with E-state index in [0.29, 0.717) is 11.8 Å². The topological polar surface area (TPSA) is 33.0 Å².